The fraction of sp³-hybridized carbons (Fsp3) is 0.267. The number of halogens is 1. The van der Waals surface area contributed by atoms with Crippen LogP contribution in [0.4, 0.5) is 0 Å². The summed E-state index contributed by atoms with van der Waals surface area (Å²) in [5.74, 6) is 0.475. The zero-order valence-electron chi connectivity index (χ0n) is 12.1. The number of rotatable bonds is 3. The first-order valence-corrected chi connectivity index (χ1v) is 6.90. The van der Waals surface area contributed by atoms with E-state index in [0.717, 1.165) is 0 Å². The van der Waals surface area contributed by atoms with Gasteiger partial charge in [0.2, 0.25) is 0 Å². The maximum absolute atomic E-state index is 11.8. The molecule has 0 atom stereocenters. The second kappa shape index (κ2) is 5.81. The number of phenols is 1. The second-order valence-electron chi connectivity index (χ2n) is 4.41. The lowest BCUT2D eigenvalue weighted by atomic mass is 10.0. The predicted molar refractivity (Wildman–Crippen MR) is 82.5 cm³/mol. The van der Waals surface area contributed by atoms with Gasteiger partial charge in [0.25, 0.3) is 0 Å². The Balaban J connectivity index is 2.98. The Morgan fingerprint density at radius 3 is 2.38 bits per heavy atom. The molecule has 0 amide bonds. The highest BCUT2D eigenvalue weighted by molar-refractivity contribution is 9.10. The first kappa shape index (κ1) is 15.4. The highest BCUT2D eigenvalue weighted by Gasteiger charge is 2.21. The van der Waals surface area contributed by atoms with Crippen molar-refractivity contribution in [2.75, 3.05) is 21.3 Å². The minimum Gasteiger partial charge on any atom is -0.507 e. The fourth-order valence-electron chi connectivity index (χ4n) is 2.22. The molecule has 0 unspecified atom stereocenters. The lowest BCUT2D eigenvalue weighted by Crippen LogP contribution is -2.03. The standard InChI is InChI=1S/C15H15BrO5/c1-7-12(16)14(20-3)9-5-8(15(18)21-4)6-10(19-2)11(9)13(7)17/h5-6,17H,1-4H3. The van der Waals surface area contributed by atoms with Crippen LogP contribution in [0.25, 0.3) is 10.8 Å². The van der Waals surface area contributed by atoms with Crippen LogP contribution in [-0.4, -0.2) is 32.4 Å². The van der Waals surface area contributed by atoms with Crippen LogP contribution in [0.1, 0.15) is 15.9 Å². The van der Waals surface area contributed by atoms with Crippen LogP contribution in [-0.2, 0) is 4.74 Å². The van der Waals surface area contributed by atoms with Crippen molar-refractivity contribution in [3.05, 3.63) is 27.7 Å². The molecular formula is C15H15BrO5. The van der Waals surface area contributed by atoms with E-state index in [1.54, 1.807) is 13.0 Å². The molecule has 1 N–H and O–H groups in total. The van der Waals surface area contributed by atoms with Gasteiger partial charge < -0.3 is 19.3 Å². The second-order valence-corrected chi connectivity index (χ2v) is 5.21. The minimum absolute atomic E-state index is 0.0749. The van der Waals surface area contributed by atoms with Crippen molar-refractivity contribution >= 4 is 32.7 Å². The molecule has 0 heterocycles. The lowest BCUT2D eigenvalue weighted by Gasteiger charge is -2.16. The number of carbonyl (C=O) groups excluding carboxylic acids is 1. The zero-order chi connectivity index (χ0) is 15.7. The highest BCUT2D eigenvalue weighted by atomic mass is 79.9. The Kier molecular flexibility index (Phi) is 4.27. The van der Waals surface area contributed by atoms with Crippen LogP contribution >= 0.6 is 15.9 Å². The number of methoxy groups -OCH3 is 3. The van der Waals surface area contributed by atoms with Crippen LogP contribution in [0.15, 0.2) is 16.6 Å². The van der Waals surface area contributed by atoms with E-state index >= 15 is 0 Å². The third kappa shape index (κ3) is 2.40. The van der Waals surface area contributed by atoms with E-state index in [9.17, 15) is 9.90 Å². The van der Waals surface area contributed by atoms with Crippen molar-refractivity contribution in [3.63, 3.8) is 0 Å². The van der Waals surface area contributed by atoms with Gasteiger partial charge in [-0.05, 0) is 35.0 Å². The highest BCUT2D eigenvalue weighted by Crippen LogP contribution is 2.46. The van der Waals surface area contributed by atoms with E-state index in [1.807, 2.05) is 0 Å². The third-order valence-electron chi connectivity index (χ3n) is 3.31. The molecule has 0 aliphatic carbocycles. The molecule has 21 heavy (non-hydrogen) atoms. The van der Waals surface area contributed by atoms with Crippen molar-refractivity contribution in [1.82, 2.24) is 0 Å². The number of benzene rings is 2. The summed E-state index contributed by atoms with van der Waals surface area (Å²) < 4.78 is 16.1. The van der Waals surface area contributed by atoms with Crippen molar-refractivity contribution < 1.29 is 24.1 Å². The van der Waals surface area contributed by atoms with Crippen LogP contribution < -0.4 is 9.47 Å². The molecule has 2 rings (SSSR count). The maximum Gasteiger partial charge on any atom is 0.338 e. The van der Waals surface area contributed by atoms with Gasteiger partial charge >= 0.3 is 5.97 Å². The summed E-state index contributed by atoms with van der Waals surface area (Å²) in [6.45, 7) is 1.76. The van der Waals surface area contributed by atoms with E-state index in [0.29, 0.717) is 37.9 Å². The van der Waals surface area contributed by atoms with Gasteiger partial charge in [-0.2, -0.15) is 0 Å². The third-order valence-corrected chi connectivity index (χ3v) is 4.27. The summed E-state index contributed by atoms with van der Waals surface area (Å²) >= 11 is 3.40. The van der Waals surface area contributed by atoms with Crippen molar-refractivity contribution in [2.45, 2.75) is 6.92 Å². The molecule has 2 aromatic carbocycles. The van der Waals surface area contributed by atoms with Crippen LogP contribution in [0.3, 0.4) is 0 Å². The molecule has 0 saturated heterocycles. The van der Waals surface area contributed by atoms with Crippen LogP contribution in [0, 0.1) is 6.92 Å². The van der Waals surface area contributed by atoms with Crippen molar-refractivity contribution in [1.29, 1.82) is 0 Å². The van der Waals surface area contributed by atoms with E-state index in [-0.39, 0.29) is 5.75 Å². The van der Waals surface area contributed by atoms with E-state index in [1.165, 1.54) is 27.4 Å². The summed E-state index contributed by atoms with van der Waals surface area (Å²) in [6, 6.07) is 3.13. The summed E-state index contributed by atoms with van der Waals surface area (Å²) in [7, 11) is 4.30. The number of hydrogen-bond donors (Lipinski definition) is 1. The Bertz CT molecular complexity index is 724. The van der Waals surface area contributed by atoms with Gasteiger partial charge in [0.1, 0.15) is 17.2 Å². The first-order chi connectivity index (χ1) is 9.96. The molecule has 0 radical (unpaired) electrons. The Morgan fingerprint density at radius 2 is 1.86 bits per heavy atom. The molecule has 6 heteroatoms. The van der Waals surface area contributed by atoms with Gasteiger partial charge in [-0.15, -0.1) is 0 Å². The number of hydrogen-bond acceptors (Lipinski definition) is 5. The van der Waals surface area contributed by atoms with Gasteiger partial charge in [-0.25, -0.2) is 4.79 Å². The Labute approximate surface area is 130 Å². The van der Waals surface area contributed by atoms with Gasteiger partial charge in [-0.3, -0.25) is 0 Å². The van der Waals surface area contributed by atoms with Gasteiger partial charge in [0.05, 0.1) is 36.8 Å². The van der Waals surface area contributed by atoms with E-state index < -0.39 is 5.97 Å². The minimum atomic E-state index is -0.492. The SMILES string of the molecule is COC(=O)c1cc(OC)c2c(O)c(C)c(Br)c(OC)c2c1. The molecule has 0 aliphatic heterocycles. The van der Waals surface area contributed by atoms with Gasteiger partial charge in [0, 0.05) is 10.9 Å². The molecule has 2 aromatic rings. The largest absolute Gasteiger partial charge is 0.507 e. The summed E-state index contributed by atoms with van der Waals surface area (Å²) in [5, 5.41) is 11.4. The van der Waals surface area contributed by atoms with Gasteiger partial charge in [0.15, 0.2) is 0 Å². The predicted octanol–water partition coefficient (Wildman–Crippen LogP) is 3.42. The molecular weight excluding hydrogens is 340 g/mol. The summed E-state index contributed by atoms with van der Waals surface area (Å²) in [6.07, 6.45) is 0. The monoisotopic (exact) mass is 354 g/mol. The summed E-state index contributed by atoms with van der Waals surface area (Å²) in [4.78, 5) is 11.8. The van der Waals surface area contributed by atoms with Crippen LogP contribution in [0.5, 0.6) is 17.2 Å². The lowest BCUT2D eigenvalue weighted by molar-refractivity contribution is 0.0600. The molecule has 0 saturated carbocycles. The molecule has 0 aromatic heterocycles. The van der Waals surface area contributed by atoms with E-state index in [4.69, 9.17) is 14.2 Å². The molecule has 0 bridgehead atoms. The molecule has 0 aliphatic rings. The quantitative estimate of drug-likeness (QED) is 0.855. The number of ether oxygens (including phenoxy) is 3. The number of aromatic hydroxyl groups is 1. The van der Waals surface area contributed by atoms with Crippen molar-refractivity contribution in [3.8, 4) is 17.2 Å². The Morgan fingerprint density at radius 1 is 1.19 bits per heavy atom. The fourth-order valence-corrected chi connectivity index (χ4v) is 2.78. The zero-order valence-corrected chi connectivity index (χ0v) is 13.7. The number of fused-ring (bicyclic) bond motifs is 1. The summed E-state index contributed by atoms with van der Waals surface area (Å²) in [5.41, 5.74) is 0.943. The number of carbonyl (C=O) groups is 1. The maximum atomic E-state index is 11.8. The van der Waals surface area contributed by atoms with Gasteiger partial charge in [-0.1, -0.05) is 0 Å². The average Bonchev–Trinajstić information content (AvgIpc) is 2.51. The molecule has 112 valence electrons. The molecule has 0 spiro atoms. The van der Waals surface area contributed by atoms with E-state index in [2.05, 4.69) is 15.9 Å². The topological polar surface area (TPSA) is 65.0 Å². The molecule has 5 nitrogen and oxygen atoms in total. The Hall–Kier alpha value is -1.95. The van der Waals surface area contributed by atoms with Crippen molar-refractivity contribution in [2.24, 2.45) is 0 Å². The molecule has 0 fully saturated rings. The average molecular weight is 355 g/mol. The smallest absolute Gasteiger partial charge is 0.338 e. The number of esters is 1. The van der Waals surface area contributed by atoms with Crippen LogP contribution in [0.2, 0.25) is 0 Å². The number of phenolic OH excluding ortho intramolecular Hbond substituents is 1. The first-order valence-electron chi connectivity index (χ1n) is 6.11. The normalized spacial score (nSPS) is 10.5.